The molecule has 1 aliphatic rings. The zero-order valence-electron chi connectivity index (χ0n) is 9.63. The van der Waals surface area contributed by atoms with Crippen LogP contribution in [0.1, 0.15) is 28.3 Å². The van der Waals surface area contributed by atoms with Gasteiger partial charge in [-0.1, -0.05) is 0 Å². The molecule has 0 atom stereocenters. The molecule has 0 spiro atoms. The number of carbonyl (C=O) groups is 1. The number of thiazole rings is 1. The van der Waals surface area contributed by atoms with E-state index in [1.54, 1.807) is 5.38 Å². The van der Waals surface area contributed by atoms with Gasteiger partial charge < -0.3 is 10.4 Å². The van der Waals surface area contributed by atoms with Gasteiger partial charge in [-0.05, 0) is 12.8 Å². The SMILES string of the molecule is O=C(O)c1nc(CNC2CCS(=O)(=O)CC2)cs1. The molecule has 1 saturated heterocycles. The fraction of sp³-hybridized carbons (Fsp3) is 0.600. The van der Waals surface area contributed by atoms with Gasteiger partial charge in [0, 0.05) is 18.0 Å². The van der Waals surface area contributed by atoms with E-state index in [9.17, 15) is 13.2 Å². The summed E-state index contributed by atoms with van der Waals surface area (Å²) in [6.07, 6.45) is 1.22. The zero-order valence-corrected chi connectivity index (χ0v) is 11.3. The molecule has 2 heterocycles. The van der Waals surface area contributed by atoms with Crippen molar-refractivity contribution in [2.24, 2.45) is 0 Å². The third-order valence-electron chi connectivity index (χ3n) is 2.86. The van der Waals surface area contributed by atoms with Gasteiger partial charge in [0.2, 0.25) is 5.01 Å². The van der Waals surface area contributed by atoms with Gasteiger partial charge in [0.05, 0.1) is 17.2 Å². The highest BCUT2D eigenvalue weighted by Gasteiger charge is 2.23. The third-order valence-corrected chi connectivity index (χ3v) is 5.46. The van der Waals surface area contributed by atoms with Crippen LogP contribution in [0.25, 0.3) is 0 Å². The minimum Gasteiger partial charge on any atom is -0.476 e. The molecule has 18 heavy (non-hydrogen) atoms. The van der Waals surface area contributed by atoms with Crippen molar-refractivity contribution in [1.82, 2.24) is 10.3 Å². The van der Waals surface area contributed by atoms with Gasteiger partial charge in [0.15, 0.2) is 0 Å². The van der Waals surface area contributed by atoms with Crippen molar-refractivity contribution in [3.63, 3.8) is 0 Å². The van der Waals surface area contributed by atoms with Gasteiger partial charge in [-0.2, -0.15) is 0 Å². The molecule has 100 valence electrons. The number of nitrogens with one attached hydrogen (secondary N) is 1. The number of rotatable bonds is 4. The van der Waals surface area contributed by atoms with Gasteiger partial charge in [-0.15, -0.1) is 11.3 Å². The maximum Gasteiger partial charge on any atom is 0.365 e. The molecule has 1 aliphatic heterocycles. The van der Waals surface area contributed by atoms with Crippen LogP contribution in [0, 0.1) is 0 Å². The number of aromatic nitrogens is 1. The molecule has 0 bridgehead atoms. The van der Waals surface area contributed by atoms with Crippen molar-refractivity contribution in [1.29, 1.82) is 0 Å². The summed E-state index contributed by atoms with van der Waals surface area (Å²) in [5.74, 6) is -0.570. The van der Waals surface area contributed by atoms with Crippen molar-refractivity contribution in [2.75, 3.05) is 11.5 Å². The normalized spacial score (nSPS) is 19.8. The topological polar surface area (TPSA) is 96.4 Å². The lowest BCUT2D eigenvalue weighted by atomic mass is 10.1. The molecule has 0 unspecified atom stereocenters. The van der Waals surface area contributed by atoms with Crippen LogP contribution < -0.4 is 5.32 Å². The number of carboxylic acids is 1. The van der Waals surface area contributed by atoms with Gasteiger partial charge in [-0.25, -0.2) is 18.2 Å². The zero-order chi connectivity index (χ0) is 13.2. The largest absolute Gasteiger partial charge is 0.476 e. The van der Waals surface area contributed by atoms with Crippen molar-refractivity contribution >= 4 is 27.1 Å². The monoisotopic (exact) mass is 290 g/mol. The van der Waals surface area contributed by atoms with Crippen LogP contribution in [0.5, 0.6) is 0 Å². The molecule has 0 amide bonds. The van der Waals surface area contributed by atoms with Crippen molar-refractivity contribution in [3.05, 3.63) is 16.1 Å². The van der Waals surface area contributed by atoms with E-state index >= 15 is 0 Å². The molecule has 0 radical (unpaired) electrons. The molecule has 2 N–H and O–H groups in total. The van der Waals surface area contributed by atoms with Crippen LogP contribution in [0.15, 0.2) is 5.38 Å². The molecular formula is C10H14N2O4S2. The summed E-state index contributed by atoms with van der Waals surface area (Å²) in [4.78, 5) is 14.6. The highest BCUT2D eigenvalue weighted by atomic mass is 32.2. The summed E-state index contributed by atoms with van der Waals surface area (Å²) in [5.41, 5.74) is 0.686. The first-order valence-electron chi connectivity index (χ1n) is 5.58. The first-order chi connectivity index (χ1) is 8.46. The molecule has 1 aromatic rings. The molecule has 1 fully saturated rings. The van der Waals surface area contributed by atoms with Crippen molar-refractivity contribution < 1.29 is 18.3 Å². The summed E-state index contributed by atoms with van der Waals surface area (Å²) in [7, 11) is -2.84. The Morgan fingerprint density at radius 1 is 1.50 bits per heavy atom. The van der Waals surface area contributed by atoms with E-state index in [1.807, 2.05) is 0 Å². The molecule has 1 aromatic heterocycles. The smallest absolute Gasteiger partial charge is 0.365 e. The predicted octanol–water partition coefficient (Wildman–Crippen LogP) is 0.508. The van der Waals surface area contributed by atoms with E-state index in [4.69, 9.17) is 5.11 Å². The average molecular weight is 290 g/mol. The van der Waals surface area contributed by atoms with E-state index in [1.165, 1.54) is 0 Å². The number of aromatic carboxylic acids is 1. The Morgan fingerprint density at radius 2 is 2.17 bits per heavy atom. The summed E-state index contributed by atoms with van der Waals surface area (Å²) >= 11 is 1.10. The summed E-state index contributed by atoms with van der Waals surface area (Å²) < 4.78 is 22.5. The summed E-state index contributed by atoms with van der Waals surface area (Å²) in [6.45, 7) is 0.481. The lowest BCUT2D eigenvalue weighted by Gasteiger charge is -2.22. The van der Waals surface area contributed by atoms with Gasteiger partial charge in [-0.3, -0.25) is 0 Å². The number of sulfone groups is 1. The first kappa shape index (κ1) is 13.4. The van der Waals surface area contributed by atoms with E-state index < -0.39 is 15.8 Å². The predicted molar refractivity (Wildman–Crippen MR) is 67.6 cm³/mol. The van der Waals surface area contributed by atoms with Gasteiger partial charge in [0.1, 0.15) is 9.84 Å². The molecule has 2 rings (SSSR count). The molecule has 0 saturated carbocycles. The van der Waals surface area contributed by atoms with Crippen molar-refractivity contribution in [2.45, 2.75) is 25.4 Å². The van der Waals surface area contributed by atoms with Crippen molar-refractivity contribution in [3.8, 4) is 0 Å². The molecule has 0 aliphatic carbocycles. The van der Waals surface area contributed by atoms with Crippen LogP contribution in [-0.2, 0) is 16.4 Å². The average Bonchev–Trinajstić information content (AvgIpc) is 2.76. The van der Waals surface area contributed by atoms with E-state index in [-0.39, 0.29) is 22.6 Å². The lowest BCUT2D eigenvalue weighted by molar-refractivity contribution is 0.0696. The second-order valence-corrected chi connectivity index (χ2v) is 7.42. The second kappa shape index (κ2) is 5.33. The number of nitrogens with zero attached hydrogens (tertiary/aromatic N) is 1. The highest BCUT2D eigenvalue weighted by Crippen LogP contribution is 2.14. The van der Waals surface area contributed by atoms with E-state index in [0.29, 0.717) is 25.1 Å². The van der Waals surface area contributed by atoms with Crippen LogP contribution in [-0.4, -0.2) is 42.0 Å². The summed E-state index contributed by atoms with van der Waals surface area (Å²) in [5, 5.41) is 13.7. The minimum atomic E-state index is -2.84. The molecular weight excluding hydrogens is 276 g/mol. The standard InChI is InChI=1S/C10H14N2O4S2/c13-10(14)9-12-8(6-17-9)5-11-7-1-3-18(15,16)4-2-7/h6-7,11H,1-5H2,(H,13,14). The summed E-state index contributed by atoms with van der Waals surface area (Å²) in [6, 6.07) is 0.170. The first-order valence-corrected chi connectivity index (χ1v) is 8.28. The van der Waals surface area contributed by atoms with Crippen LogP contribution in [0.4, 0.5) is 0 Å². The number of hydrogen-bond donors (Lipinski definition) is 2. The Bertz CT molecular complexity index is 524. The fourth-order valence-corrected chi connectivity index (χ4v) is 3.98. The third kappa shape index (κ3) is 3.50. The Kier molecular flexibility index (Phi) is 3.98. The Labute approximate surface area is 109 Å². The van der Waals surface area contributed by atoms with Gasteiger partial charge >= 0.3 is 5.97 Å². The lowest BCUT2D eigenvalue weighted by Crippen LogP contribution is -2.37. The molecule has 0 aromatic carbocycles. The van der Waals surface area contributed by atoms with E-state index in [2.05, 4.69) is 10.3 Å². The number of hydrogen-bond acceptors (Lipinski definition) is 6. The molecule has 6 nitrogen and oxygen atoms in total. The number of carboxylic acid groups (broad SMARTS) is 1. The maximum atomic E-state index is 11.2. The van der Waals surface area contributed by atoms with Crippen LogP contribution in [0.2, 0.25) is 0 Å². The minimum absolute atomic E-state index is 0.0815. The molecule has 8 heteroatoms. The van der Waals surface area contributed by atoms with Gasteiger partial charge in [0.25, 0.3) is 0 Å². The fourth-order valence-electron chi connectivity index (χ4n) is 1.83. The van der Waals surface area contributed by atoms with Crippen LogP contribution in [0.3, 0.4) is 0 Å². The van der Waals surface area contributed by atoms with E-state index in [0.717, 1.165) is 11.3 Å². The Hall–Kier alpha value is -0.990. The highest BCUT2D eigenvalue weighted by molar-refractivity contribution is 7.91. The Balaban J connectivity index is 1.83. The second-order valence-electron chi connectivity index (χ2n) is 4.26. The maximum absolute atomic E-state index is 11.2. The van der Waals surface area contributed by atoms with Crippen LogP contribution >= 0.6 is 11.3 Å². The quantitative estimate of drug-likeness (QED) is 0.838. The Morgan fingerprint density at radius 3 is 2.72 bits per heavy atom.